The molecular weight excluding hydrogens is 344 g/mol. The molecule has 1 N–H and O–H groups in total. The number of nitrogens with one attached hydrogen (secondary N) is 1. The van der Waals surface area contributed by atoms with E-state index in [0.717, 1.165) is 16.9 Å². The van der Waals surface area contributed by atoms with E-state index in [0.29, 0.717) is 10.2 Å². The van der Waals surface area contributed by atoms with Crippen LogP contribution in [0.4, 0.5) is 5.69 Å². The predicted molar refractivity (Wildman–Crippen MR) is 96.9 cm³/mol. The summed E-state index contributed by atoms with van der Waals surface area (Å²) >= 11 is 7.20. The van der Waals surface area contributed by atoms with Crippen LogP contribution in [-0.4, -0.2) is 26.4 Å². The van der Waals surface area contributed by atoms with Gasteiger partial charge in [-0.25, -0.2) is 9.67 Å². The highest BCUT2D eigenvalue weighted by Gasteiger charge is 2.09. The van der Waals surface area contributed by atoms with Crippen LogP contribution >= 0.6 is 23.4 Å². The first-order chi connectivity index (χ1) is 11.6. The summed E-state index contributed by atoms with van der Waals surface area (Å²) < 4.78 is 1.68. The van der Waals surface area contributed by atoms with E-state index in [1.165, 1.54) is 11.8 Å². The summed E-state index contributed by atoms with van der Waals surface area (Å²) in [6.45, 7) is 1.90. The maximum Gasteiger partial charge on any atom is 0.234 e. The van der Waals surface area contributed by atoms with Gasteiger partial charge in [0.25, 0.3) is 0 Å². The second kappa shape index (κ2) is 7.51. The standard InChI is InChI=1S/C17H15ClN4OS/c1-12-9-13(18)7-8-15(12)20-16(23)10-24-17-19-11-22(21-17)14-5-3-2-4-6-14/h2-9,11H,10H2,1H3,(H,20,23). The molecule has 1 amide bonds. The molecule has 3 aromatic rings. The average Bonchev–Trinajstić information content (AvgIpc) is 3.05. The lowest BCUT2D eigenvalue weighted by Crippen LogP contribution is -2.14. The molecule has 0 unspecified atom stereocenters. The molecule has 0 atom stereocenters. The number of thioether (sulfide) groups is 1. The average molecular weight is 359 g/mol. The minimum atomic E-state index is -0.110. The van der Waals surface area contributed by atoms with Crippen molar-refractivity contribution in [3.63, 3.8) is 0 Å². The molecule has 24 heavy (non-hydrogen) atoms. The Kier molecular flexibility index (Phi) is 5.17. The second-order valence-corrected chi connectivity index (χ2v) is 6.48. The number of carbonyl (C=O) groups is 1. The van der Waals surface area contributed by atoms with Crippen molar-refractivity contribution in [3.05, 3.63) is 65.4 Å². The molecule has 1 aromatic heterocycles. The third-order valence-corrected chi connectivity index (χ3v) is 4.37. The highest BCUT2D eigenvalue weighted by molar-refractivity contribution is 7.99. The number of nitrogens with zero attached hydrogens (tertiary/aromatic N) is 3. The number of rotatable bonds is 5. The molecule has 0 saturated carbocycles. The van der Waals surface area contributed by atoms with Gasteiger partial charge < -0.3 is 5.32 Å². The molecule has 0 bridgehead atoms. The van der Waals surface area contributed by atoms with Crippen molar-refractivity contribution >= 4 is 35.0 Å². The number of para-hydroxylation sites is 1. The van der Waals surface area contributed by atoms with E-state index in [4.69, 9.17) is 11.6 Å². The van der Waals surface area contributed by atoms with Gasteiger partial charge in [-0.1, -0.05) is 41.6 Å². The van der Waals surface area contributed by atoms with Crippen molar-refractivity contribution in [1.29, 1.82) is 0 Å². The highest BCUT2D eigenvalue weighted by Crippen LogP contribution is 2.20. The first kappa shape index (κ1) is 16.5. The Morgan fingerprint density at radius 1 is 1.25 bits per heavy atom. The summed E-state index contributed by atoms with van der Waals surface area (Å²) in [5.74, 6) is 0.127. The Balaban J connectivity index is 1.58. The molecule has 122 valence electrons. The van der Waals surface area contributed by atoms with Crippen molar-refractivity contribution in [2.45, 2.75) is 12.1 Å². The van der Waals surface area contributed by atoms with Crippen molar-refractivity contribution in [2.24, 2.45) is 0 Å². The lowest BCUT2D eigenvalue weighted by atomic mass is 10.2. The number of carbonyl (C=O) groups excluding carboxylic acids is 1. The minimum Gasteiger partial charge on any atom is -0.325 e. The number of anilines is 1. The molecule has 0 fully saturated rings. The fourth-order valence-corrected chi connectivity index (χ4v) is 2.93. The van der Waals surface area contributed by atoms with E-state index in [-0.39, 0.29) is 11.7 Å². The minimum absolute atomic E-state index is 0.110. The molecule has 0 aliphatic rings. The van der Waals surface area contributed by atoms with Crippen LogP contribution in [0.5, 0.6) is 0 Å². The molecule has 5 nitrogen and oxygen atoms in total. The molecule has 0 spiro atoms. The van der Waals surface area contributed by atoms with Gasteiger partial charge in [-0.2, -0.15) is 0 Å². The number of hydrogen-bond acceptors (Lipinski definition) is 4. The zero-order chi connectivity index (χ0) is 16.9. The van der Waals surface area contributed by atoms with Crippen molar-refractivity contribution in [3.8, 4) is 5.69 Å². The normalized spacial score (nSPS) is 10.6. The summed E-state index contributed by atoms with van der Waals surface area (Å²) in [6, 6.07) is 15.1. The van der Waals surface area contributed by atoms with Gasteiger partial charge in [0.2, 0.25) is 11.1 Å². The van der Waals surface area contributed by atoms with E-state index in [1.807, 2.05) is 43.3 Å². The topological polar surface area (TPSA) is 59.8 Å². The highest BCUT2D eigenvalue weighted by atomic mass is 35.5. The van der Waals surface area contributed by atoms with Gasteiger partial charge in [-0.05, 0) is 42.8 Å². The van der Waals surface area contributed by atoms with E-state index in [2.05, 4.69) is 15.4 Å². The van der Waals surface area contributed by atoms with Crippen LogP contribution in [0.15, 0.2) is 60.0 Å². The van der Waals surface area contributed by atoms with Gasteiger partial charge in [0.05, 0.1) is 11.4 Å². The van der Waals surface area contributed by atoms with Crippen LogP contribution in [0, 0.1) is 6.92 Å². The first-order valence-corrected chi connectivity index (χ1v) is 8.64. The zero-order valence-corrected chi connectivity index (χ0v) is 14.5. The second-order valence-electron chi connectivity index (χ2n) is 5.10. The maximum absolute atomic E-state index is 12.1. The van der Waals surface area contributed by atoms with Gasteiger partial charge >= 0.3 is 0 Å². The lowest BCUT2D eigenvalue weighted by molar-refractivity contribution is -0.113. The van der Waals surface area contributed by atoms with Gasteiger partial charge in [0, 0.05) is 10.7 Å². The van der Waals surface area contributed by atoms with Gasteiger partial charge in [-0.3, -0.25) is 4.79 Å². The molecule has 0 saturated heterocycles. The SMILES string of the molecule is Cc1cc(Cl)ccc1NC(=O)CSc1ncn(-c2ccccc2)n1. The predicted octanol–water partition coefficient (Wildman–Crippen LogP) is 3.96. The largest absolute Gasteiger partial charge is 0.325 e. The van der Waals surface area contributed by atoms with E-state index >= 15 is 0 Å². The molecular formula is C17H15ClN4OS. The Morgan fingerprint density at radius 3 is 2.79 bits per heavy atom. The summed E-state index contributed by atoms with van der Waals surface area (Å²) in [5, 5.41) is 8.43. The van der Waals surface area contributed by atoms with E-state index in [9.17, 15) is 4.79 Å². The molecule has 0 aliphatic heterocycles. The summed E-state index contributed by atoms with van der Waals surface area (Å²) in [5.41, 5.74) is 2.61. The number of aryl methyl sites for hydroxylation is 1. The maximum atomic E-state index is 12.1. The Labute approximate surface area is 149 Å². The molecule has 7 heteroatoms. The van der Waals surface area contributed by atoms with Crippen LogP contribution in [0.3, 0.4) is 0 Å². The van der Waals surface area contributed by atoms with Gasteiger partial charge in [0.1, 0.15) is 6.33 Å². The molecule has 1 heterocycles. The molecule has 0 aliphatic carbocycles. The molecule has 3 rings (SSSR count). The first-order valence-electron chi connectivity index (χ1n) is 7.28. The van der Waals surface area contributed by atoms with Crippen LogP contribution in [0.2, 0.25) is 5.02 Å². The quantitative estimate of drug-likeness (QED) is 0.701. The Morgan fingerprint density at radius 2 is 2.04 bits per heavy atom. The Bertz CT molecular complexity index is 851. The van der Waals surface area contributed by atoms with E-state index in [1.54, 1.807) is 23.1 Å². The monoisotopic (exact) mass is 358 g/mol. The lowest BCUT2D eigenvalue weighted by Gasteiger charge is -2.07. The smallest absolute Gasteiger partial charge is 0.234 e. The van der Waals surface area contributed by atoms with Crippen molar-refractivity contribution < 1.29 is 4.79 Å². The number of benzene rings is 2. The number of halogens is 1. The van der Waals surface area contributed by atoms with Crippen LogP contribution < -0.4 is 5.32 Å². The van der Waals surface area contributed by atoms with Crippen LogP contribution in [0.25, 0.3) is 5.69 Å². The van der Waals surface area contributed by atoms with Crippen molar-refractivity contribution in [1.82, 2.24) is 14.8 Å². The number of hydrogen-bond donors (Lipinski definition) is 1. The summed E-state index contributed by atoms with van der Waals surface area (Å²) in [7, 11) is 0. The molecule has 0 radical (unpaired) electrons. The Hall–Kier alpha value is -2.31. The summed E-state index contributed by atoms with van der Waals surface area (Å²) in [4.78, 5) is 16.3. The van der Waals surface area contributed by atoms with Crippen LogP contribution in [-0.2, 0) is 4.79 Å². The van der Waals surface area contributed by atoms with E-state index < -0.39 is 0 Å². The van der Waals surface area contributed by atoms with Crippen LogP contribution in [0.1, 0.15) is 5.56 Å². The third-order valence-electron chi connectivity index (χ3n) is 3.29. The van der Waals surface area contributed by atoms with Gasteiger partial charge in [-0.15, -0.1) is 5.10 Å². The van der Waals surface area contributed by atoms with Gasteiger partial charge in [0.15, 0.2) is 0 Å². The number of aromatic nitrogens is 3. The number of amides is 1. The summed E-state index contributed by atoms with van der Waals surface area (Å²) in [6.07, 6.45) is 1.64. The molecule has 2 aromatic carbocycles. The zero-order valence-electron chi connectivity index (χ0n) is 12.9. The fraction of sp³-hybridized carbons (Fsp3) is 0.118. The third kappa shape index (κ3) is 4.15. The fourth-order valence-electron chi connectivity index (χ4n) is 2.10. The van der Waals surface area contributed by atoms with Crippen molar-refractivity contribution in [2.75, 3.05) is 11.1 Å².